The predicted octanol–water partition coefficient (Wildman–Crippen LogP) is 0.567. The van der Waals surface area contributed by atoms with E-state index in [4.69, 9.17) is 4.74 Å². The molecule has 0 aromatic carbocycles. The van der Waals surface area contributed by atoms with Crippen LogP contribution in [-0.4, -0.2) is 77.1 Å². The monoisotopic (exact) mass is 416 g/mol. The normalized spacial score (nSPS) is 13.3. The SMILES string of the molecule is CNC(CCCCCCCCCC(=O)OC(CC(=O)[O-])C[N+](C)(C)C)(NC)NC. The van der Waals surface area contributed by atoms with Crippen molar-refractivity contribution in [2.24, 2.45) is 0 Å². The number of likely N-dealkylation sites (N-methyl/N-ethyl adjacent to an activating group) is 1. The number of esters is 1. The number of nitrogens with zero attached hydrogens (tertiary/aromatic N) is 1. The molecule has 8 heteroatoms. The lowest BCUT2D eigenvalue weighted by Gasteiger charge is -2.33. The highest BCUT2D eigenvalue weighted by Crippen LogP contribution is 2.14. The van der Waals surface area contributed by atoms with E-state index in [2.05, 4.69) is 16.0 Å². The summed E-state index contributed by atoms with van der Waals surface area (Å²) in [6.45, 7) is 0.454. The largest absolute Gasteiger partial charge is 0.550 e. The van der Waals surface area contributed by atoms with Crippen molar-refractivity contribution in [3.63, 3.8) is 0 Å². The van der Waals surface area contributed by atoms with E-state index in [1.54, 1.807) is 0 Å². The fourth-order valence-corrected chi connectivity index (χ4v) is 3.48. The molecule has 8 nitrogen and oxygen atoms in total. The second kappa shape index (κ2) is 14.7. The zero-order valence-corrected chi connectivity index (χ0v) is 19.4. The lowest BCUT2D eigenvalue weighted by Crippen LogP contribution is -2.63. The van der Waals surface area contributed by atoms with E-state index >= 15 is 0 Å². The Hall–Kier alpha value is -1.22. The molecule has 1 unspecified atom stereocenters. The number of carbonyl (C=O) groups is 2. The van der Waals surface area contributed by atoms with E-state index in [1.807, 2.05) is 42.3 Å². The summed E-state index contributed by atoms with van der Waals surface area (Å²) < 4.78 is 5.90. The highest BCUT2D eigenvalue weighted by Gasteiger charge is 2.23. The van der Waals surface area contributed by atoms with Gasteiger partial charge in [0, 0.05) is 18.8 Å². The number of nitrogens with one attached hydrogen (secondary N) is 3. The number of carboxylic acids is 1. The molecule has 0 saturated carbocycles. The first-order chi connectivity index (χ1) is 13.6. The van der Waals surface area contributed by atoms with Crippen molar-refractivity contribution in [2.75, 3.05) is 48.8 Å². The van der Waals surface area contributed by atoms with Gasteiger partial charge in [-0.3, -0.25) is 20.7 Å². The van der Waals surface area contributed by atoms with Crippen molar-refractivity contribution in [3.05, 3.63) is 0 Å². The number of aliphatic carboxylic acids is 1. The maximum Gasteiger partial charge on any atom is 0.306 e. The van der Waals surface area contributed by atoms with Gasteiger partial charge in [-0.15, -0.1) is 0 Å². The van der Waals surface area contributed by atoms with Gasteiger partial charge >= 0.3 is 5.97 Å². The van der Waals surface area contributed by atoms with Gasteiger partial charge in [-0.1, -0.05) is 32.1 Å². The van der Waals surface area contributed by atoms with Crippen LogP contribution < -0.4 is 21.1 Å². The molecule has 0 bridgehead atoms. The van der Waals surface area contributed by atoms with Crippen LogP contribution in [0.15, 0.2) is 0 Å². The molecule has 0 rings (SSSR count). The van der Waals surface area contributed by atoms with Crippen molar-refractivity contribution in [3.8, 4) is 0 Å². The van der Waals surface area contributed by atoms with Crippen LogP contribution in [0.25, 0.3) is 0 Å². The average Bonchev–Trinajstić information content (AvgIpc) is 2.62. The fraction of sp³-hybridized carbons (Fsp3) is 0.905. The molecular weight excluding hydrogens is 372 g/mol. The van der Waals surface area contributed by atoms with Gasteiger partial charge < -0.3 is 19.1 Å². The van der Waals surface area contributed by atoms with Crippen molar-refractivity contribution >= 4 is 11.9 Å². The van der Waals surface area contributed by atoms with E-state index in [0.29, 0.717) is 17.4 Å². The van der Waals surface area contributed by atoms with Gasteiger partial charge in [-0.2, -0.15) is 0 Å². The molecular formula is C21H44N4O4. The van der Waals surface area contributed by atoms with Crippen molar-refractivity contribution in [1.29, 1.82) is 0 Å². The minimum atomic E-state index is -1.19. The molecule has 0 radical (unpaired) electrons. The number of hydrogen-bond acceptors (Lipinski definition) is 7. The van der Waals surface area contributed by atoms with Gasteiger partial charge in [-0.25, -0.2) is 0 Å². The summed E-state index contributed by atoms with van der Waals surface area (Å²) in [5.41, 5.74) is 0. The molecule has 0 aliphatic rings. The molecule has 0 aromatic heterocycles. The number of carboxylic acid groups (broad SMARTS) is 1. The zero-order chi connectivity index (χ0) is 22.3. The molecule has 3 N–H and O–H groups in total. The van der Waals surface area contributed by atoms with Gasteiger partial charge in [0.25, 0.3) is 0 Å². The van der Waals surface area contributed by atoms with Crippen LogP contribution >= 0.6 is 0 Å². The van der Waals surface area contributed by atoms with Crippen LogP contribution in [0.4, 0.5) is 0 Å². The Balaban J connectivity index is 3.88. The Labute approximate surface area is 177 Å². The highest BCUT2D eigenvalue weighted by atomic mass is 16.5. The van der Waals surface area contributed by atoms with Crippen molar-refractivity contribution < 1.29 is 23.9 Å². The number of hydrogen-bond donors (Lipinski definition) is 3. The van der Waals surface area contributed by atoms with Crippen molar-refractivity contribution in [2.45, 2.75) is 76.1 Å². The number of carbonyl (C=O) groups excluding carboxylic acids is 2. The third kappa shape index (κ3) is 14.4. The van der Waals surface area contributed by atoms with E-state index in [0.717, 1.165) is 38.5 Å². The van der Waals surface area contributed by atoms with Gasteiger partial charge in [-0.05, 0) is 40.4 Å². The van der Waals surface area contributed by atoms with Gasteiger partial charge in [0.1, 0.15) is 12.3 Å². The third-order valence-corrected chi connectivity index (χ3v) is 5.16. The van der Waals surface area contributed by atoms with Gasteiger partial charge in [0.2, 0.25) is 0 Å². The minimum absolute atomic E-state index is 0.194. The molecule has 29 heavy (non-hydrogen) atoms. The quantitative estimate of drug-likeness (QED) is 0.130. The Kier molecular flexibility index (Phi) is 14.1. The first kappa shape index (κ1) is 27.8. The molecule has 1 atom stereocenters. The van der Waals surface area contributed by atoms with E-state index < -0.39 is 12.1 Å². The Bertz CT molecular complexity index is 454. The maximum atomic E-state index is 12.0. The number of ether oxygens (including phenoxy) is 1. The summed E-state index contributed by atoms with van der Waals surface area (Å²) in [6.07, 6.45) is 8.02. The predicted molar refractivity (Wildman–Crippen MR) is 114 cm³/mol. The Morgan fingerprint density at radius 2 is 1.38 bits per heavy atom. The van der Waals surface area contributed by atoms with E-state index in [1.165, 1.54) is 12.8 Å². The molecule has 0 aromatic rings. The lowest BCUT2D eigenvalue weighted by atomic mass is 10.0. The molecule has 0 aliphatic heterocycles. The zero-order valence-electron chi connectivity index (χ0n) is 19.4. The molecule has 0 fully saturated rings. The minimum Gasteiger partial charge on any atom is -0.550 e. The summed E-state index contributed by atoms with van der Waals surface area (Å²) in [7, 11) is 11.6. The fourth-order valence-electron chi connectivity index (χ4n) is 3.48. The smallest absolute Gasteiger partial charge is 0.306 e. The second-order valence-corrected chi connectivity index (χ2v) is 8.79. The first-order valence-corrected chi connectivity index (χ1v) is 10.8. The molecule has 172 valence electrons. The summed E-state index contributed by atoms with van der Waals surface area (Å²) in [6, 6.07) is 0. The highest BCUT2D eigenvalue weighted by molar-refractivity contribution is 5.70. The summed E-state index contributed by atoms with van der Waals surface area (Å²) >= 11 is 0. The van der Waals surface area contributed by atoms with Crippen LogP contribution in [0.1, 0.15) is 64.2 Å². The molecule has 0 saturated heterocycles. The standard InChI is InChI=1S/C21H44N4O4/c1-22-21(23-2,24-3)15-13-11-9-7-8-10-12-14-20(28)29-18(16-19(26)27)17-25(4,5)6/h18,22-24H,7-17H2,1-6H3. The average molecular weight is 417 g/mol. The number of rotatable bonds is 18. The maximum absolute atomic E-state index is 12.0. The topological polar surface area (TPSA) is 103 Å². The number of unbranched alkanes of at least 4 members (excludes halogenated alkanes) is 6. The van der Waals surface area contributed by atoms with Crippen LogP contribution in [0.3, 0.4) is 0 Å². The molecule has 0 aliphatic carbocycles. The van der Waals surface area contributed by atoms with Crippen LogP contribution in [0, 0.1) is 0 Å². The Morgan fingerprint density at radius 1 is 0.897 bits per heavy atom. The van der Waals surface area contributed by atoms with Crippen LogP contribution in [-0.2, 0) is 14.3 Å². The lowest BCUT2D eigenvalue weighted by molar-refractivity contribution is -0.873. The molecule has 0 amide bonds. The third-order valence-electron chi connectivity index (χ3n) is 5.16. The summed E-state index contributed by atoms with van der Waals surface area (Å²) in [5.74, 6) is -1.69. The van der Waals surface area contributed by atoms with Crippen LogP contribution in [0.2, 0.25) is 0 Å². The van der Waals surface area contributed by atoms with E-state index in [-0.39, 0.29) is 18.2 Å². The molecule has 0 spiro atoms. The van der Waals surface area contributed by atoms with E-state index in [9.17, 15) is 14.7 Å². The molecule has 0 heterocycles. The van der Waals surface area contributed by atoms with Crippen molar-refractivity contribution in [1.82, 2.24) is 16.0 Å². The van der Waals surface area contributed by atoms with Gasteiger partial charge in [0.15, 0.2) is 6.10 Å². The summed E-state index contributed by atoms with van der Waals surface area (Å²) in [4.78, 5) is 22.9. The van der Waals surface area contributed by atoms with Crippen LogP contribution in [0.5, 0.6) is 0 Å². The summed E-state index contributed by atoms with van der Waals surface area (Å²) in [5, 5.41) is 20.7. The first-order valence-electron chi connectivity index (χ1n) is 10.8. The number of quaternary nitrogens is 1. The Morgan fingerprint density at radius 3 is 1.83 bits per heavy atom. The second-order valence-electron chi connectivity index (χ2n) is 8.79. The van der Waals surface area contributed by atoms with Gasteiger partial charge in [0.05, 0.1) is 21.1 Å².